The van der Waals surface area contributed by atoms with Gasteiger partial charge in [0.25, 0.3) is 5.91 Å². The van der Waals surface area contributed by atoms with Crippen molar-refractivity contribution in [1.29, 1.82) is 0 Å². The van der Waals surface area contributed by atoms with Gasteiger partial charge >= 0.3 is 0 Å². The van der Waals surface area contributed by atoms with Crippen LogP contribution in [0.25, 0.3) is 0 Å². The molecule has 31 heavy (non-hydrogen) atoms. The summed E-state index contributed by atoms with van der Waals surface area (Å²) in [5.41, 5.74) is 1.66. The zero-order valence-electron chi connectivity index (χ0n) is 16.9. The molecule has 0 atom stereocenters. The Labute approximate surface area is 196 Å². The Kier molecular flexibility index (Phi) is 7.40. The standard InChI is InChI=1S/C22H23Cl2N5OS/c23-17-7-5-16(6-8-17)15-20-26-22(31-27-20)29-13-11-28(12-14-29)10-9-25-21(30)18-3-1-2-4-19(18)24/h1-8H,9-15H2,(H,25,30). The molecule has 1 aromatic heterocycles. The monoisotopic (exact) mass is 475 g/mol. The fourth-order valence-corrected chi connectivity index (χ4v) is 4.54. The van der Waals surface area contributed by atoms with E-state index >= 15 is 0 Å². The molecular formula is C22H23Cl2N5OS. The molecule has 0 unspecified atom stereocenters. The van der Waals surface area contributed by atoms with Gasteiger partial charge in [-0.2, -0.15) is 4.37 Å². The smallest absolute Gasteiger partial charge is 0.252 e. The van der Waals surface area contributed by atoms with Crippen LogP contribution in [0.2, 0.25) is 10.0 Å². The van der Waals surface area contributed by atoms with Crippen molar-refractivity contribution in [1.82, 2.24) is 19.6 Å². The number of piperazine rings is 1. The van der Waals surface area contributed by atoms with Crippen LogP contribution >= 0.6 is 34.7 Å². The molecule has 1 N–H and O–H groups in total. The molecular weight excluding hydrogens is 453 g/mol. The normalized spacial score (nSPS) is 14.6. The first kappa shape index (κ1) is 22.0. The first-order chi connectivity index (χ1) is 15.1. The van der Waals surface area contributed by atoms with Crippen LogP contribution in [0.3, 0.4) is 0 Å². The van der Waals surface area contributed by atoms with Crippen LogP contribution < -0.4 is 10.2 Å². The zero-order valence-corrected chi connectivity index (χ0v) is 19.3. The number of halogens is 2. The van der Waals surface area contributed by atoms with E-state index in [4.69, 9.17) is 28.2 Å². The van der Waals surface area contributed by atoms with Gasteiger partial charge in [0.15, 0.2) is 0 Å². The van der Waals surface area contributed by atoms with Crippen LogP contribution in [0.15, 0.2) is 48.5 Å². The van der Waals surface area contributed by atoms with E-state index in [9.17, 15) is 4.79 Å². The number of hydrogen-bond acceptors (Lipinski definition) is 6. The summed E-state index contributed by atoms with van der Waals surface area (Å²) in [4.78, 5) is 21.6. The number of nitrogens with zero attached hydrogens (tertiary/aromatic N) is 4. The summed E-state index contributed by atoms with van der Waals surface area (Å²) in [6.07, 6.45) is 0.707. The summed E-state index contributed by atoms with van der Waals surface area (Å²) in [5, 5.41) is 5.13. The van der Waals surface area contributed by atoms with Crippen LogP contribution in [-0.4, -0.2) is 59.4 Å². The van der Waals surface area contributed by atoms with E-state index in [-0.39, 0.29) is 5.91 Å². The molecule has 0 saturated carbocycles. The van der Waals surface area contributed by atoms with Gasteiger partial charge in [-0.1, -0.05) is 47.5 Å². The van der Waals surface area contributed by atoms with Crippen LogP contribution in [0, 0.1) is 0 Å². The Morgan fingerprint density at radius 1 is 1.03 bits per heavy atom. The van der Waals surface area contributed by atoms with Crippen molar-refractivity contribution in [2.75, 3.05) is 44.2 Å². The van der Waals surface area contributed by atoms with E-state index in [1.54, 1.807) is 12.1 Å². The summed E-state index contributed by atoms with van der Waals surface area (Å²) >= 11 is 13.5. The number of anilines is 1. The number of benzene rings is 2. The molecule has 1 saturated heterocycles. The van der Waals surface area contributed by atoms with Gasteiger partial charge in [0.05, 0.1) is 10.6 Å². The van der Waals surface area contributed by atoms with E-state index in [1.165, 1.54) is 11.5 Å². The van der Waals surface area contributed by atoms with Crippen molar-refractivity contribution >= 4 is 45.8 Å². The number of amides is 1. The maximum Gasteiger partial charge on any atom is 0.252 e. The number of carbonyl (C=O) groups is 1. The van der Waals surface area contributed by atoms with E-state index in [0.29, 0.717) is 23.6 Å². The molecule has 1 amide bonds. The Morgan fingerprint density at radius 3 is 2.52 bits per heavy atom. The van der Waals surface area contributed by atoms with Crippen LogP contribution in [-0.2, 0) is 6.42 Å². The van der Waals surface area contributed by atoms with Gasteiger partial charge in [-0.25, -0.2) is 4.98 Å². The summed E-state index contributed by atoms with van der Waals surface area (Å²) in [7, 11) is 0. The van der Waals surface area contributed by atoms with Crippen LogP contribution in [0.5, 0.6) is 0 Å². The van der Waals surface area contributed by atoms with E-state index < -0.39 is 0 Å². The van der Waals surface area contributed by atoms with Gasteiger partial charge in [-0.15, -0.1) is 0 Å². The number of aromatic nitrogens is 2. The molecule has 1 fully saturated rings. The zero-order chi connectivity index (χ0) is 21.6. The molecule has 9 heteroatoms. The van der Waals surface area contributed by atoms with Crippen molar-refractivity contribution in [2.45, 2.75) is 6.42 Å². The quantitative estimate of drug-likeness (QED) is 0.559. The molecule has 1 aliphatic heterocycles. The van der Waals surface area contributed by atoms with Gasteiger partial charge in [-0.05, 0) is 29.8 Å². The second kappa shape index (κ2) is 10.4. The fourth-order valence-electron chi connectivity index (χ4n) is 3.46. The molecule has 0 radical (unpaired) electrons. The van der Waals surface area contributed by atoms with Crippen molar-refractivity contribution in [3.63, 3.8) is 0 Å². The van der Waals surface area contributed by atoms with Gasteiger partial charge in [-0.3, -0.25) is 9.69 Å². The molecule has 2 aromatic carbocycles. The molecule has 1 aliphatic rings. The van der Waals surface area contributed by atoms with E-state index in [1.807, 2.05) is 36.4 Å². The van der Waals surface area contributed by atoms with E-state index in [2.05, 4.69) is 19.5 Å². The Hall–Kier alpha value is -2.19. The predicted octanol–water partition coefficient (Wildman–Crippen LogP) is 3.99. The minimum absolute atomic E-state index is 0.133. The molecule has 6 nitrogen and oxygen atoms in total. The molecule has 3 aromatic rings. The van der Waals surface area contributed by atoms with Crippen molar-refractivity contribution in [2.24, 2.45) is 0 Å². The number of rotatable bonds is 7. The fraction of sp³-hybridized carbons (Fsp3) is 0.318. The third-order valence-corrected chi connectivity index (χ3v) is 6.60. The molecule has 0 spiro atoms. The maximum absolute atomic E-state index is 12.3. The first-order valence-corrected chi connectivity index (χ1v) is 11.7. The molecule has 4 rings (SSSR count). The lowest BCUT2D eigenvalue weighted by atomic mass is 10.1. The van der Waals surface area contributed by atoms with Crippen LogP contribution in [0.1, 0.15) is 21.7 Å². The molecule has 0 bridgehead atoms. The third-order valence-electron chi connectivity index (χ3n) is 5.21. The highest BCUT2D eigenvalue weighted by Crippen LogP contribution is 2.21. The Morgan fingerprint density at radius 2 is 1.77 bits per heavy atom. The number of carbonyl (C=O) groups excluding carboxylic acids is 1. The Bertz CT molecular complexity index is 1020. The molecule has 2 heterocycles. The lowest BCUT2D eigenvalue weighted by Crippen LogP contribution is -2.48. The molecule has 0 aliphatic carbocycles. The SMILES string of the molecule is O=C(NCCN1CCN(c2nc(Cc3ccc(Cl)cc3)ns2)CC1)c1ccccc1Cl. The summed E-state index contributed by atoms with van der Waals surface area (Å²) in [6.45, 7) is 5.04. The van der Waals surface area contributed by atoms with E-state index in [0.717, 1.165) is 54.3 Å². The van der Waals surface area contributed by atoms with Gasteiger partial charge in [0.2, 0.25) is 5.13 Å². The van der Waals surface area contributed by atoms with Crippen molar-refractivity contribution < 1.29 is 4.79 Å². The van der Waals surface area contributed by atoms with Gasteiger partial charge < -0.3 is 10.2 Å². The number of nitrogens with one attached hydrogen (secondary N) is 1. The van der Waals surface area contributed by atoms with Gasteiger partial charge in [0, 0.05) is 62.2 Å². The minimum Gasteiger partial charge on any atom is -0.351 e. The average Bonchev–Trinajstić information content (AvgIpc) is 3.24. The minimum atomic E-state index is -0.133. The first-order valence-electron chi connectivity index (χ1n) is 10.2. The third kappa shape index (κ3) is 5.95. The van der Waals surface area contributed by atoms with Crippen LogP contribution in [0.4, 0.5) is 5.13 Å². The summed E-state index contributed by atoms with van der Waals surface area (Å²) in [6, 6.07) is 14.9. The lowest BCUT2D eigenvalue weighted by Gasteiger charge is -2.34. The largest absolute Gasteiger partial charge is 0.351 e. The second-order valence-corrected chi connectivity index (χ2v) is 8.93. The summed E-state index contributed by atoms with van der Waals surface area (Å²) in [5.74, 6) is 0.707. The summed E-state index contributed by atoms with van der Waals surface area (Å²) < 4.78 is 4.52. The Balaban J connectivity index is 1.21. The van der Waals surface area contributed by atoms with Gasteiger partial charge in [0.1, 0.15) is 5.82 Å². The topological polar surface area (TPSA) is 61.4 Å². The average molecular weight is 476 g/mol. The second-order valence-electron chi connectivity index (χ2n) is 7.36. The highest BCUT2D eigenvalue weighted by molar-refractivity contribution is 7.09. The van der Waals surface area contributed by atoms with Crippen molar-refractivity contribution in [3.8, 4) is 0 Å². The van der Waals surface area contributed by atoms with Crippen molar-refractivity contribution in [3.05, 3.63) is 75.5 Å². The maximum atomic E-state index is 12.3. The highest BCUT2D eigenvalue weighted by atomic mass is 35.5. The highest BCUT2D eigenvalue weighted by Gasteiger charge is 2.20. The predicted molar refractivity (Wildman–Crippen MR) is 127 cm³/mol. The lowest BCUT2D eigenvalue weighted by molar-refractivity contribution is 0.0948. The number of hydrogen-bond donors (Lipinski definition) is 1. The molecule has 162 valence electrons.